The molecule has 0 amide bonds. The monoisotopic (exact) mass is 239 g/mol. The van der Waals surface area contributed by atoms with Crippen LogP contribution in [0.3, 0.4) is 0 Å². The Bertz CT molecular complexity index is 287. The molecule has 4 heteroatoms. The van der Waals surface area contributed by atoms with Crippen LogP contribution in [0.25, 0.3) is 0 Å². The van der Waals surface area contributed by atoms with Crippen molar-refractivity contribution in [1.29, 1.82) is 5.26 Å². The van der Waals surface area contributed by atoms with Gasteiger partial charge < -0.3 is 4.74 Å². The highest BCUT2D eigenvalue weighted by Crippen LogP contribution is 2.15. The van der Waals surface area contributed by atoms with Crippen LogP contribution in [0.1, 0.15) is 34.6 Å². The van der Waals surface area contributed by atoms with Gasteiger partial charge in [0.05, 0.1) is 18.8 Å². The summed E-state index contributed by atoms with van der Waals surface area (Å²) in [5, 5.41) is 12.7. The van der Waals surface area contributed by atoms with Gasteiger partial charge in [0.15, 0.2) is 0 Å². The molecule has 3 atom stereocenters. The van der Waals surface area contributed by atoms with E-state index in [9.17, 15) is 5.26 Å². The van der Waals surface area contributed by atoms with Crippen molar-refractivity contribution in [3.8, 4) is 6.07 Å². The van der Waals surface area contributed by atoms with Gasteiger partial charge in [0.1, 0.15) is 5.54 Å². The van der Waals surface area contributed by atoms with Crippen LogP contribution in [0.4, 0.5) is 0 Å². The van der Waals surface area contributed by atoms with Crippen molar-refractivity contribution in [3.05, 3.63) is 0 Å². The predicted molar refractivity (Wildman–Crippen MR) is 68.7 cm³/mol. The molecule has 0 aromatic carbocycles. The molecule has 0 saturated carbocycles. The summed E-state index contributed by atoms with van der Waals surface area (Å²) in [5.74, 6) is 0. The third-order valence-corrected chi connectivity index (χ3v) is 3.11. The number of morpholine rings is 1. The molecule has 4 nitrogen and oxygen atoms in total. The number of nitrogens with zero attached hydrogens (tertiary/aromatic N) is 2. The van der Waals surface area contributed by atoms with Gasteiger partial charge >= 0.3 is 0 Å². The number of hydrogen-bond acceptors (Lipinski definition) is 4. The van der Waals surface area contributed by atoms with Crippen LogP contribution < -0.4 is 5.32 Å². The zero-order chi connectivity index (χ0) is 13.1. The molecule has 1 fully saturated rings. The Morgan fingerprint density at radius 1 is 1.53 bits per heavy atom. The molecule has 1 aliphatic heterocycles. The fourth-order valence-electron chi connectivity index (χ4n) is 2.35. The molecule has 1 aliphatic rings. The van der Waals surface area contributed by atoms with Crippen molar-refractivity contribution in [2.75, 3.05) is 19.7 Å². The topological polar surface area (TPSA) is 48.3 Å². The van der Waals surface area contributed by atoms with Crippen molar-refractivity contribution in [2.24, 2.45) is 0 Å². The van der Waals surface area contributed by atoms with E-state index >= 15 is 0 Å². The average Bonchev–Trinajstić information content (AvgIpc) is 2.22. The second kappa shape index (κ2) is 5.81. The average molecular weight is 239 g/mol. The lowest BCUT2D eigenvalue weighted by Crippen LogP contribution is -2.58. The molecule has 3 unspecified atom stereocenters. The van der Waals surface area contributed by atoms with E-state index in [1.807, 2.05) is 6.92 Å². The summed E-state index contributed by atoms with van der Waals surface area (Å²) in [6, 6.07) is 3.09. The molecule has 0 radical (unpaired) electrons. The summed E-state index contributed by atoms with van der Waals surface area (Å²) < 4.78 is 5.60. The number of hydrogen-bond donors (Lipinski definition) is 1. The fraction of sp³-hybridized carbons (Fsp3) is 0.923. The van der Waals surface area contributed by atoms with Gasteiger partial charge in [-0.15, -0.1) is 0 Å². The first-order valence-electron chi connectivity index (χ1n) is 6.41. The molecule has 1 saturated heterocycles. The highest BCUT2D eigenvalue weighted by molar-refractivity contribution is 5.07. The Kier molecular flexibility index (Phi) is 4.93. The Labute approximate surface area is 105 Å². The maximum atomic E-state index is 9.35. The van der Waals surface area contributed by atoms with E-state index in [4.69, 9.17) is 4.74 Å². The van der Waals surface area contributed by atoms with E-state index in [0.29, 0.717) is 12.1 Å². The molecule has 0 bridgehead atoms. The highest BCUT2D eigenvalue weighted by atomic mass is 16.5. The lowest BCUT2D eigenvalue weighted by molar-refractivity contribution is -0.0546. The molecule has 98 valence electrons. The lowest BCUT2D eigenvalue weighted by Gasteiger charge is -2.40. The Hall–Kier alpha value is -0.630. The molecule has 1 heterocycles. The molecule has 0 spiro atoms. The molecule has 0 aromatic rings. The summed E-state index contributed by atoms with van der Waals surface area (Å²) in [5.41, 5.74) is -0.487. The first kappa shape index (κ1) is 14.4. The van der Waals surface area contributed by atoms with E-state index < -0.39 is 5.54 Å². The van der Waals surface area contributed by atoms with Crippen LogP contribution in [0.2, 0.25) is 0 Å². The van der Waals surface area contributed by atoms with Crippen LogP contribution in [0, 0.1) is 11.3 Å². The van der Waals surface area contributed by atoms with Crippen molar-refractivity contribution < 1.29 is 4.74 Å². The second-order valence-electron chi connectivity index (χ2n) is 5.67. The first-order chi connectivity index (χ1) is 7.86. The summed E-state index contributed by atoms with van der Waals surface area (Å²) in [7, 11) is 0. The quantitative estimate of drug-likeness (QED) is 0.805. The van der Waals surface area contributed by atoms with Crippen molar-refractivity contribution in [1.82, 2.24) is 10.2 Å². The van der Waals surface area contributed by atoms with E-state index in [2.05, 4.69) is 44.0 Å². The highest BCUT2D eigenvalue weighted by Gasteiger charge is 2.32. The third kappa shape index (κ3) is 4.27. The number of ether oxygens (including phenoxy) is 1. The lowest BCUT2D eigenvalue weighted by atomic mass is 10.0. The Balaban J connectivity index is 2.63. The molecular formula is C13H25N3O. The van der Waals surface area contributed by atoms with Gasteiger partial charge in [0.2, 0.25) is 0 Å². The number of nitriles is 1. The summed E-state index contributed by atoms with van der Waals surface area (Å²) in [6.45, 7) is 12.7. The minimum atomic E-state index is -0.487. The van der Waals surface area contributed by atoms with Crippen molar-refractivity contribution in [2.45, 2.75) is 58.3 Å². The van der Waals surface area contributed by atoms with E-state index in [1.54, 1.807) is 0 Å². The summed E-state index contributed by atoms with van der Waals surface area (Å²) in [4.78, 5) is 2.34. The van der Waals surface area contributed by atoms with Crippen LogP contribution in [-0.2, 0) is 4.74 Å². The maximum Gasteiger partial charge on any atom is 0.116 e. The minimum absolute atomic E-state index is 0.258. The van der Waals surface area contributed by atoms with Crippen molar-refractivity contribution >= 4 is 0 Å². The largest absolute Gasteiger partial charge is 0.376 e. The maximum absolute atomic E-state index is 9.35. The summed E-state index contributed by atoms with van der Waals surface area (Å²) >= 11 is 0. The van der Waals surface area contributed by atoms with Gasteiger partial charge in [-0.25, -0.2) is 0 Å². The van der Waals surface area contributed by atoms with Gasteiger partial charge in [-0.3, -0.25) is 10.2 Å². The number of rotatable bonds is 4. The fourth-order valence-corrected chi connectivity index (χ4v) is 2.35. The molecule has 17 heavy (non-hydrogen) atoms. The van der Waals surface area contributed by atoms with Gasteiger partial charge in [0.25, 0.3) is 0 Å². The Morgan fingerprint density at radius 2 is 2.18 bits per heavy atom. The van der Waals surface area contributed by atoms with Gasteiger partial charge in [-0.2, -0.15) is 5.26 Å². The minimum Gasteiger partial charge on any atom is -0.376 e. The van der Waals surface area contributed by atoms with Crippen LogP contribution in [0.15, 0.2) is 0 Å². The van der Waals surface area contributed by atoms with Gasteiger partial charge in [-0.1, -0.05) is 0 Å². The molecule has 1 rings (SSSR count). The summed E-state index contributed by atoms with van der Waals surface area (Å²) in [6.07, 6.45) is 0.258. The molecule has 0 aliphatic carbocycles. The first-order valence-corrected chi connectivity index (χ1v) is 6.41. The number of nitrogens with one attached hydrogen (secondary N) is 1. The van der Waals surface area contributed by atoms with E-state index in [-0.39, 0.29) is 6.10 Å². The SMILES string of the molecule is CC(C)NC(C)(C#N)CN1CC(C)OCC1C. The standard InChI is InChI=1S/C13H25N3O/c1-10(2)15-13(5,8-14)9-16-6-12(4)17-7-11(16)3/h10-12,15H,6-7,9H2,1-5H3. The van der Waals surface area contributed by atoms with E-state index in [1.165, 1.54) is 0 Å². The normalized spacial score (nSPS) is 29.9. The van der Waals surface area contributed by atoms with Crippen LogP contribution >= 0.6 is 0 Å². The zero-order valence-electron chi connectivity index (χ0n) is 11.7. The van der Waals surface area contributed by atoms with Gasteiger partial charge in [-0.05, 0) is 34.6 Å². The smallest absolute Gasteiger partial charge is 0.116 e. The second-order valence-corrected chi connectivity index (χ2v) is 5.67. The van der Waals surface area contributed by atoms with E-state index in [0.717, 1.165) is 19.7 Å². The van der Waals surface area contributed by atoms with Gasteiger partial charge in [0, 0.05) is 25.2 Å². The predicted octanol–water partition coefficient (Wildman–Crippen LogP) is 1.38. The molecule has 1 N–H and O–H groups in total. The molecular weight excluding hydrogens is 214 g/mol. The third-order valence-electron chi connectivity index (χ3n) is 3.11. The zero-order valence-corrected chi connectivity index (χ0v) is 11.7. The van der Waals surface area contributed by atoms with Crippen LogP contribution in [-0.4, -0.2) is 48.3 Å². The van der Waals surface area contributed by atoms with Crippen molar-refractivity contribution in [3.63, 3.8) is 0 Å². The Morgan fingerprint density at radius 3 is 2.71 bits per heavy atom. The molecule has 0 aromatic heterocycles. The van der Waals surface area contributed by atoms with Crippen LogP contribution in [0.5, 0.6) is 0 Å².